The van der Waals surface area contributed by atoms with E-state index in [1.165, 1.54) is 0 Å². The second kappa shape index (κ2) is 5.02. The summed E-state index contributed by atoms with van der Waals surface area (Å²) in [5.74, 6) is 1.27. The van der Waals surface area contributed by atoms with Gasteiger partial charge in [0.25, 0.3) is 0 Å². The lowest BCUT2D eigenvalue weighted by atomic mass is 9.60. The highest BCUT2D eigenvalue weighted by molar-refractivity contribution is 6.07. The molecule has 1 aliphatic heterocycles. The van der Waals surface area contributed by atoms with Gasteiger partial charge in [-0.05, 0) is 44.4 Å². The van der Waals surface area contributed by atoms with Crippen LogP contribution >= 0.6 is 0 Å². The Hall–Kier alpha value is -1.26. The molecule has 108 valence electrons. The molecule has 1 amide bonds. The summed E-state index contributed by atoms with van der Waals surface area (Å²) in [7, 11) is 0. The van der Waals surface area contributed by atoms with Crippen LogP contribution in [0.2, 0.25) is 0 Å². The van der Waals surface area contributed by atoms with Gasteiger partial charge in [-0.15, -0.1) is 0 Å². The van der Waals surface area contributed by atoms with Crippen molar-refractivity contribution >= 4 is 11.7 Å². The molecular weight excluding hydrogens is 242 g/mol. The molecule has 0 aromatic carbocycles. The number of amidine groups is 1. The summed E-state index contributed by atoms with van der Waals surface area (Å²) in [6, 6.07) is 0.246. The largest absolute Gasteiger partial charge is 0.409 e. The Balaban J connectivity index is 2.17. The zero-order valence-electron chi connectivity index (χ0n) is 12.1. The monoisotopic (exact) mass is 267 g/mol. The van der Waals surface area contributed by atoms with Gasteiger partial charge in [-0.2, -0.15) is 0 Å². The molecule has 1 saturated carbocycles. The Morgan fingerprint density at radius 2 is 1.95 bits per heavy atom. The number of hydrogen-bond acceptors (Lipinski definition) is 3. The van der Waals surface area contributed by atoms with Gasteiger partial charge in [-0.3, -0.25) is 4.79 Å². The number of rotatable bonds is 2. The van der Waals surface area contributed by atoms with Gasteiger partial charge in [-0.1, -0.05) is 19.0 Å². The number of carbonyl (C=O) groups is 1. The molecule has 0 aromatic heterocycles. The number of oxime groups is 1. The summed E-state index contributed by atoms with van der Waals surface area (Å²) in [6.07, 6.45) is 3.46. The minimum absolute atomic E-state index is 0.0558. The average molecular weight is 267 g/mol. The van der Waals surface area contributed by atoms with Crippen LogP contribution in [0.15, 0.2) is 5.16 Å². The molecule has 2 unspecified atom stereocenters. The smallest absolute Gasteiger partial charge is 0.236 e. The van der Waals surface area contributed by atoms with E-state index < -0.39 is 5.41 Å². The van der Waals surface area contributed by atoms with Gasteiger partial charge in [0.2, 0.25) is 5.91 Å². The zero-order chi connectivity index (χ0) is 14.2. The van der Waals surface area contributed by atoms with E-state index in [2.05, 4.69) is 25.9 Å². The lowest BCUT2D eigenvalue weighted by molar-refractivity contribution is -0.148. The molecule has 3 N–H and O–H groups in total. The molecule has 0 spiro atoms. The fourth-order valence-corrected chi connectivity index (χ4v) is 3.70. The molecule has 2 aliphatic rings. The summed E-state index contributed by atoms with van der Waals surface area (Å²) in [6.45, 7) is 7.20. The van der Waals surface area contributed by atoms with Crippen molar-refractivity contribution in [1.82, 2.24) is 4.90 Å². The van der Waals surface area contributed by atoms with E-state index in [1.807, 2.05) is 4.90 Å². The van der Waals surface area contributed by atoms with Gasteiger partial charge < -0.3 is 15.8 Å². The highest BCUT2D eigenvalue weighted by atomic mass is 16.4. The summed E-state index contributed by atoms with van der Waals surface area (Å²) in [4.78, 5) is 14.8. The van der Waals surface area contributed by atoms with E-state index in [9.17, 15) is 4.79 Å². The van der Waals surface area contributed by atoms with Crippen LogP contribution in [-0.2, 0) is 4.79 Å². The maximum absolute atomic E-state index is 12.8. The van der Waals surface area contributed by atoms with E-state index in [0.29, 0.717) is 24.7 Å². The van der Waals surface area contributed by atoms with Crippen molar-refractivity contribution in [2.24, 2.45) is 28.1 Å². The number of likely N-dealkylation sites (tertiary alicyclic amines) is 1. The molecule has 0 bridgehead atoms. The predicted octanol–water partition coefficient (Wildman–Crippen LogP) is 1.80. The second-order valence-electron chi connectivity index (χ2n) is 6.56. The van der Waals surface area contributed by atoms with E-state index in [-0.39, 0.29) is 17.8 Å². The normalized spacial score (nSPS) is 39.8. The van der Waals surface area contributed by atoms with Crippen LogP contribution in [0.3, 0.4) is 0 Å². The fraction of sp³-hybridized carbons (Fsp3) is 0.857. The van der Waals surface area contributed by atoms with Crippen LogP contribution < -0.4 is 5.73 Å². The number of nitrogens with two attached hydrogens (primary N) is 1. The van der Waals surface area contributed by atoms with E-state index in [4.69, 9.17) is 10.9 Å². The number of amides is 1. The van der Waals surface area contributed by atoms with Crippen LogP contribution in [0.5, 0.6) is 0 Å². The van der Waals surface area contributed by atoms with Gasteiger partial charge in [0.1, 0.15) is 5.41 Å². The number of nitrogens with zero attached hydrogens (tertiary/aromatic N) is 2. The molecule has 5 heteroatoms. The van der Waals surface area contributed by atoms with Crippen molar-refractivity contribution < 1.29 is 10.0 Å². The van der Waals surface area contributed by atoms with Gasteiger partial charge in [0.15, 0.2) is 5.84 Å². The first-order valence-corrected chi connectivity index (χ1v) is 7.19. The maximum Gasteiger partial charge on any atom is 0.236 e. The van der Waals surface area contributed by atoms with Crippen molar-refractivity contribution in [1.29, 1.82) is 0 Å². The Morgan fingerprint density at radius 3 is 2.42 bits per heavy atom. The molecule has 0 radical (unpaired) electrons. The number of hydrogen-bond donors (Lipinski definition) is 2. The lowest BCUT2D eigenvalue weighted by Gasteiger charge is -2.49. The third-order valence-electron chi connectivity index (χ3n) is 4.80. The molecular formula is C14H25N3O2. The molecule has 19 heavy (non-hydrogen) atoms. The first kappa shape index (κ1) is 14.2. The molecule has 1 aliphatic carbocycles. The van der Waals surface area contributed by atoms with Crippen molar-refractivity contribution in [3.63, 3.8) is 0 Å². The van der Waals surface area contributed by atoms with E-state index >= 15 is 0 Å². The Kier molecular flexibility index (Phi) is 3.74. The third-order valence-corrected chi connectivity index (χ3v) is 4.80. The highest BCUT2D eigenvalue weighted by Gasteiger charge is 2.54. The molecule has 2 rings (SSSR count). The van der Waals surface area contributed by atoms with Crippen molar-refractivity contribution in [2.75, 3.05) is 6.54 Å². The lowest BCUT2D eigenvalue weighted by Crippen LogP contribution is -2.60. The summed E-state index contributed by atoms with van der Waals surface area (Å²) in [5.41, 5.74) is 5.06. The van der Waals surface area contributed by atoms with Crippen LogP contribution in [-0.4, -0.2) is 34.4 Å². The van der Waals surface area contributed by atoms with Crippen LogP contribution in [0.25, 0.3) is 0 Å². The van der Waals surface area contributed by atoms with Gasteiger partial charge in [-0.25, -0.2) is 0 Å². The number of piperidine rings is 1. The molecule has 0 aromatic rings. The van der Waals surface area contributed by atoms with Crippen LogP contribution in [0.4, 0.5) is 0 Å². The van der Waals surface area contributed by atoms with Crippen molar-refractivity contribution in [2.45, 2.75) is 52.5 Å². The first-order chi connectivity index (χ1) is 8.90. The average Bonchev–Trinajstić information content (AvgIpc) is 2.33. The topological polar surface area (TPSA) is 78.9 Å². The van der Waals surface area contributed by atoms with Crippen molar-refractivity contribution in [3.05, 3.63) is 0 Å². The van der Waals surface area contributed by atoms with Gasteiger partial charge >= 0.3 is 0 Å². The quantitative estimate of drug-likeness (QED) is 0.346. The Bertz CT molecular complexity index is 388. The summed E-state index contributed by atoms with van der Waals surface area (Å²) in [5, 5.41) is 12.1. The van der Waals surface area contributed by atoms with Gasteiger partial charge in [0, 0.05) is 12.6 Å². The Morgan fingerprint density at radius 1 is 1.32 bits per heavy atom. The summed E-state index contributed by atoms with van der Waals surface area (Å²) >= 11 is 0. The SMILES string of the molecule is CC1CCN(C(=O)C2(C(N)=NO)CC(C)C2)C(C)C1. The standard InChI is InChI=1S/C14H25N3O2/c1-9-4-5-17(11(3)6-9)13(18)14(12(15)16-19)7-10(2)8-14/h9-11,19H,4-8H2,1-3H3,(H2,15,16). The molecule has 2 atom stereocenters. The highest BCUT2D eigenvalue weighted by Crippen LogP contribution is 2.47. The molecule has 1 saturated heterocycles. The summed E-state index contributed by atoms with van der Waals surface area (Å²) < 4.78 is 0. The second-order valence-corrected chi connectivity index (χ2v) is 6.56. The number of carbonyl (C=O) groups excluding carboxylic acids is 1. The first-order valence-electron chi connectivity index (χ1n) is 7.19. The molecule has 1 heterocycles. The minimum atomic E-state index is -0.747. The van der Waals surface area contributed by atoms with E-state index in [0.717, 1.165) is 19.4 Å². The fourth-order valence-electron chi connectivity index (χ4n) is 3.70. The molecule has 5 nitrogen and oxygen atoms in total. The zero-order valence-corrected chi connectivity index (χ0v) is 12.1. The predicted molar refractivity (Wildman–Crippen MR) is 73.8 cm³/mol. The van der Waals surface area contributed by atoms with Crippen LogP contribution in [0, 0.1) is 17.3 Å². The van der Waals surface area contributed by atoms with Gasteiger partial charge in [0.05, 0.1) is 0 Å². The van der Waals surface area contributed by atoms with Crippen molar-refractivity contribution in [3.8, 4) is 0 Å². The molecule has 2 fully saturated rings. The van der Waals surface area contributed by atoms with Crippen LogP contribution in [0.1, 0.15) is 46.5 Å². The maximum atomic E-state index is 12.8. The third kappa shape index (κ3) is 2.30. The Labute approximate surface area is 114 Å². The van der Waals surface area contributed by atoms with E-state index in [1.54, 1.807) is 0 Å². The minimum Gasteiger partial charge on any atom is -0.409 e.